The van der Waals surface area contributed by atoms with Crippen molar-refractivity contribution in [3.05, 3.63) is 127 Å². The Morgan fingerprint density at radius 2 is 1.38 bits per heavy atom. The van der Waals surface area contributed by atoms with E-state index in [1.165, 1.54) is 58.8 Å². The summed E-state index contributed by atoms with van der Waals surface area (Å²) in [5.74, 6) is 0. The Kier molecular flexibility index (Phi) is 4.24. The Balaban J connectivity index is 1.33. The van der Waals surface area contributed by atoms with E-state index in [4.69, 9.17) is 4.42 Å². The molecule has 0 radical (unpaired) electrons. The predicted molar refractivity (Wildman–Crippen MR) is 166 cm³/mol. The molecule has 2 nitrogen and oxygen atoms in total. The van der Waals surface area contributed by atoms with Gasteiger partial charge in [0.15, 0.2) is 0 Å². The van der Waals surface area contributed by atoms with Crippen LogP contribution in [-0.4, -0.2) is 4.57 Å². The van der Waals surface area contributed by atoms with Crippen LogP contribution in [0.3, 0.4) is 0 Å². The van der Waals surface area contributed by atoms with Gasteiger partial charge in [-0.25, -0.2) is 0 Å². The van der Waals surface area contributed by atoms with E-state index in [0.717, 1.165) is 21.9 Å². The lowest BCUT2D eigenvalue weighted by molar-refractivity contribution is 0.673. The van der Waals surface area contributed by atoms with E-state index in [2.05, 4.69) is 132 Å². The lowest BCUT2D eigenvalue weighted by atomic mass is 9.98. The highest BCUT2D eigenvalue weighted by molar-refractivity contribution is 7.26. The van der Waals surface area contributed by atoms with Crippen molar-refractivity contribution in [2.24, 2.45) is 0 Å². The number of hydrogen-bond donors (Lipinski definition) is 0. The first-order valence-corrected chi connectivity index (χ1v) is 14.0. The van der Waals surface area contributed by atoms with Crippen molar-refractivity contribution in [2.45, 2.75) is 0 Å². The molecule has 39 heavy (non-hydrogen) atoms. The maximum atomic E-state index is 6.46. The van der Waals surface area contributed by atoms with Gasteiger partial charge in [-0.15, -0.1) is 11.3 Å². The summed E-state index contributed by atoms with van der Waals surface area (Å²) in [5, 5.41) is 7.28. The van der Waals surface area contributed by atoms with E-state index in [0.29, 0.717) is 0 Å². The molecule has 0 spiro atoms. The van der Waals surface area contributed by atoms with Crippen LogP contribution in [0.5, 0.6) is 0 Å². The lowest BCUT2D eigenvalue weighted by Gasteiger charge is -2.08. The molecule has 3 aromatic heterocycles. The maximum absolute atomic E-state index is 6.46. The predicted octanol–water partition coefficient (Wildman–Crippen LogP) is 10.7. The molecule has 182 valence electrons. The average Bonchev–Trinajstić information content (AvgIpc) is 3.66. The van der Waals surface area contributed by atoms with Crippen LogP contribution >= 0.6 is 11.3 Å². The molecule has 9 rings (SSSR count). The molecule has 0 bridgehead atoms. The Hall–Kier alpha value is -4.86. The zero-order valence-electron chi connectivity index (χ0n) is 20.9. The standard InChI is InChI=1S/C36H21NOS/c1-2-10-24(11-3-1)37-30-15-7-6-13-27(30)36-34(37)28-19-18-23(21-32(28)39-36)25-14-8-16-31-33(25)29-20-17-22-9-4-5-12-26(22)35(29)38-31/h1-21H. The van der Waals surface area contributed by atoms with Crippen LogP contribution in [-0.2, 0) is 0 Å². The number of fused-ring (bicyclic) bond motifs is 10. The summed E-state index contributed by atoms with van der Waals surface area (Å²) in [5.41, 5.74) is 8.03. The van der Waals surface area contributed by atoms with Gasteiger partial charge in [0.05, 0.1) is 15.7 Å². The summed E-state index contributed by atoms with van der Waals surface area (Å²) in [7, 11) is 0. The van der Waals surface area contributed by atoms with Crippen molar-refractivity contribution in [3.63, 3.8) is 0 Å². The topological polar surface area (TPSA) is 18.1 Å². The third-order valence-corrected chi connectivity index (χ3v) is 9.16. The molecule has 0 aliphatic carbocycles. The Labute approximate surface area is 227 Å². The van der Waals surface area contributed by atoms with E-state index < -0.39 is 0 Å². The van der Waals surface area contributed by atoms with E-state index in [1.54, 1.807) is 0 Å². The summed E-state index contributed by atoms with van der Waals surface area (Å²) in [4.78, 5) is 0. The Bertz CT molecular complexity index is 2390. The van der Waals surface area contributed by atoms with Gasteiger partial charge < -0.3 is 8.98 Å². The van der Waals surface area contributed by atoms with E-state index in [1.807, 2.05) is 11.3 Å². The van der Waals surface area contributed by atoms with Gasteiger partial charge in [-0.1, -0.05) is 91.0 Å². The summed E-state index contributed by atoms with van der Waals surface area (Å²) in [6, 6.07) is 45.6. The van der Waals surface area contributed by atoms with E-state index in [9.17, 15) is 0 Å². The summed E-state index contributed by atoms with van der Waals surface area (Å²) < 4.78 is 11.5. The highest BCUT2D eigenvalue weighted by Gasteiger charge is 2.19. The molecule has 0 saturated heterocycles. The van der Waals surface area contributed by atoms with Crippen molar-refractivity contribution < 1.29 is 4.42 Å². The smallest absolute Gasteiger partial charge is 0.143 e. The highest BCUT2D eigenvalue weighted by Crippen LogP contribution is 2.45. The minimum Gasteiger partial charge on any atom is -0.455 e. The van der Waals surface area contributed by atoms with Crippen molar-refractivity contribution >= 4 is 75.3 Å². The zero-order valence-corrected chi connectivity index (χ0v) is 21.7. The third-order valence-electron chi connectivity index (χ3n) is 7.99. The maximum Gasteiger partial charge on any atom is 0.143 e. The molecule has 0 aliphatic heterocycles. The number of hydrogen-bond acceptors (Lipinski definition) is 2. The summed E-state index contributed by atoms with van der Waals surface area (Å²) in [6.45, 7) is 0. The van der Waals surface area contributed by atoms with E-state index >= 15 is 0 Å². The molecule has 0 N–H and O–H groups in total. The molecule has 9 aromatic rings. The van der Waals surface area contributed by atoms with Gasteiger partial charge in [0.2, 0.25) is 0 Å². The Morgan fingerprint density at radius 3 is 2.31 bits per heavy atom. The fourth-order valence-electron chi connectivity index (χ4n) is 6.28. The first kappa shape index (κ1) is 21.1. The summed E-state index contributed by atoms with van der Waals surface area (Å²) >= 11 is 1.88. The molecule has 0 saturated carbocycles. The number of aromatic nitrogens is 1. The van der Waals surface area contributed by atoms with Crippen LogP contribution in [0.2, 0.25) is 0 Å². The van der Waals surface area contributed by atoms with Gasteiger partial charge in [0, 0.05) is 37.3 Å². The molecule has 6 aromatic carbocycles. The molecule has 3 heteroatoms. The second-order valence-corrected chi connectivity index (χ2v) is 11.2. The molecular formula is C36H21NOS. The van der Waals surface area contributed by atoms with Crippen LogP contribution < -0.4 is 0 Å². The van der Waals surface area contributed by atoms with Crippen molar-refractivity contribution in [3.8, 4) is 16.8 Å². The second kappa shape index (κ2) is 7.83. The van der Waals surface area contributed by atoms with Crippen LogP contribution in [0, 0.1) is 0 Å². The second-order valence-electron chi connectivity index (χ2n) is 10.1. The van der Waals surface area contributed by atoms with Gasteiger partial charge in [0.25, 0.3) is 0 Å². The van der Waals surface area contributed by atoms with Crippen molar-refractivity contribution in [2.75, 3.05) is 0 Å². The van der Waals surface area contributed by atoms with Gasteiger partial charge in [0.1, 0.15) is 11.2 Å². The number of thiophene rings is 1. The first-order chi connectivity index (χ1) is 19.3. The van der Waals surface area contributed by atoms with Gasteiger partial charge in [-0.3, -0.25) is 0 Å². The van der Waals surface area contributed by atoms with Crippen LogP contribution in [0.15, 0.2) is 132 Å². The zero-order chi connectivity index (χ0) is 25.5. The molecule has 3 heterocycles. The van der Waals surface area contributed by atoms with Gasteiger partial charge in [-0.2, -0.15) is 0 Å². The minimum absolute atomic E-state index is 0.928. The highest BCUT2D eigenvalue weighted by atomic mass is 32.1. The van der Waals surface area contributed by atoms with Crippen LogP contribution in [0.4, 0.5) is 0 Å². The number of rotatable bonds is 2. The van der Waals surface area contributed by atoms with Crippen molar-refractivity contribution in [1.82, 2.24) is 4.57 Å². The normalized spacial score (nSPS) is 12.1. The fraction of sp³-hybridized carbons (Fsp3) is 0. The number of nitrogens with zero attached hydrogens (tertiary/aromatic N) is 1. The van der Waals surface area contributed by atoms with E-state index in [-0.39, 0.29) is 0 Å². The lowest BCUT2D eigenvalue weighted by Crippen LogP contribution is -1.92. The van der Waals surface area contributed by atoms with Gasteiger partial charge in [-0.05, 0) is 52.9 Å². The summed E-state index contributed by atoms with van der Waals surface area (Å²) in [6.07, 6.45) is 0. The third kappa shape index (κ3) is 2.91. The van der Waals surface area contributed by atoms with Crippen LogP contribution in [0.25, 0.3) is 80.7 Å². The average molecular weight is 516 g/mol. The quantitative estimate of drug-likeness (QED) is 0.224. The fourth-order valence-corrected chi connectivity index (χ4v) is 7.54. The Morgan fingerprint density at radius 1 is 0.590 bits per heavy atom. The van der Waals surface area contributed by atoms with Gasteiger partial charge >= 0.3 is 0 Å². The number of furan rings is 1. The molecule has 0 fully saturated rings. The molecule has 0 aliphatic rings. The monoisotopic (exact) mass is 515 g/mol. The molecule has 0 atom stereocenters. The number of para-hydroxylation sites is 2. The van der Waals surface area contributed by atoms with Crippen molar-refractivity contribution in [1.29, 1.82) is 0 Å². The molecule has 0 unspecified atom stereocenters. The molecule has 0 amide bonds. The number of benzene rings is 6. The first-order valence-electron chi connectivity index (χ1n) is 13.2. The SMILES string of the molecule is c1ccc(-n2c3ccccc3c3sc4cc(-c5cccc6oc7c8ccccc8ccc7c56)ccc4c32)cc1. The van der Waals surface area contributed by atoms with Crippen LogP contribution in [0.1, 0.15) is 0 Å². The largest absolute Gasteiger partial charge is 0.455 e. The molecular weight excluding hydrogens is 494 g/mol. The minimum atomic E-state index is 0.928.